The molecule has 30 heavy (non-hydrogen) atoms. The molecule has 2 aliphatic rings. The fourth-order valence-electron chi connectivity index (χ4n) is 3.75. The molecule has 1 saturated heterocycles. The smallest absolute Gasteiger partial charge is 0.247 e. The highest BCUT2D eigenvalue weighted by atomic mass is 16.5. The minimum atomic E-state index is -0.936. The Labute approximate surface area is 175 Å². The van der Waals surface area contributed by atoms with E-state index >= 15 is 0 Å². The maximum Gasteiger partial charge on any atom is 0.247 e. The Morgan fingerprint density at radius 2 is 2.00 bits per heavy atom. The Kier molecular flexibility index (Phi) is 5.08. The molecule has 1 amide bonds. The van der Waals surface area contributed by atoms with E-state index in [-0.39, 0.29) is 18.4 Å². The number of nitriles is 1. The molecule has 0 bridgehead atoms. The lowest BCUT2D eigenvalue weighted by molar-refractivity contribution is -0.123. The second-order valence-electron chi connectivity index (χ2n) is 8.57. The van der Waals surface area contributed by atoms with Gasteiger partial charge < -0.3 is 20.1 Å². The average Bonchev–Trinajstić information content (AvgIpc) is 3.51. The lowest BCUT2D eigenvalue weighted by atomic mass is 9.83. The summed E-state index contributed by atoms with van der Waals surface area (Å²) in [6.45, 7) is 4.03. The van der Waals surface area contributed by atoms with E-state index in [0.29, 0.717) is 36.0 Å². The minimum absolute atomic E-state index is 0.107. The number of nitrogens with one attached hydrogen (secondary N) is 1. The molecule has 1 aliphatic heterocycles. The number of pyridine rings is 2. The molecule has 8 nitrogen and oxygen atoms in total. The second-order valence-corrected chi connectivity index (χ2v) is 8.57. The van der Waals surface area contributed by atoms with Gasteiger partial charge in [-0.05, 0) is 51.2 Å². The molecule has 156 valence electrons. The van der Waals surface area contributed by atoms with Crippen LogP contribution in [0.4, 0.5) is 17.3 Å². The van der Waals surface area contributed by atoms with Gasteiger partial charge in [0.2, 0.25) is 5.91 Å². The highest BCUT2D eigenvalue weighted by molar-refractivity contribution is 6.02. The number of ether oxygens (including phenoxy) is 1. The van der Waals surface area contributed by atoms with Gasteiger partial charge in [0.1, 0.15) is 29.4 Å². The third-order valence-electron chi connectivity index (χ3n) is 5.47. The van der Waals surface area contributed by atoms with Gasteiger partial charge in [0, 0.05) is 36.8 Å². The van der Waals surface area contributed by atoms with Crippen LogP contribution in [-0.4, -0.2) is 39.7 Å². The number of rotatable bonds is 7. The summed E-state index contributed by atoms with van der Waals surface area (Å²) in [6, 6.07) is 9.30. The molecule has 0 radical (unpaired) electrons. The number of nitrogens with zero attached hydrogens (tertiary/aromatic N) is 4. The van der Waals surface area contributed by atoms with Gasteiger partial charge in [-0.2, -0.15) is 5.26 Å². The van der Waals surface area contributed by atoms with Gasteiger partial charge in [0.25, 0.3) is 0 Å². The van der Waals surface area contributed by atoms with E-state index < -0.39 is 11.0 Å². The van der Waals surface area contributed by atoms with E-state index in [2.05, 4.69) is 21.4 Å². The molecule has 0 aromatic carbocycles. The molecule has 1 saturated carbocycles. The van der Waals surface area contributed by atoms with Crippen molar-refractivity contribution >= 4 is 23.2 Å². The number of hydrogen-bond acceptors (Lipinski definition) is 7. The summed E-state index contributed by atoms with van der Waals surface area (Å²) in [5, 5.41) is 22.6. The first-order valence-electron chi connectivity index (χ1n) is 10.1. The zero-order chi connectivity index (χ0) is 21.4. The number of anilines is 3. The maximum atomic E-state index is 13.0. The molecule has 2 fully saturated rings. The number of amides is 1. The van der Waals surface area contributed by atoms with Gasteiger partial charge >= 0.3 is 0 Å². The monoisotopic (exact) mass is 407 g/mol. The molecule has 8 heteroatoms. The van der Waals surface area contributed by atoms with Gasteiger partial charge in [0.05, 0.1) is 11.7 Å². The Morgan fingerprint density at radius 1 is 1.30 bits per heavy atom. The molecule has 1 aliphatic carbocycles. The van der Waals surface area contributed by atoms with Crippen molar-refractivity contribution in [2.24, 2.45) is 11.3 Å². The summed E-state index contributed by atoms with van der Waals surface area (Å²) in [6.07, 6.45) is 5.71. The van der Waals surface area contributed by atoms with Crippen LogP contribution in [0.25, 0.3) is 0 Å². The molecule has 2 aromatic rings. The first-order valence-corrected chi connectivity index (χ1v) is 10.1. The normalized spacial score (nSPS) is 21.4. The summed E-state index contributed by atoms with van der Waals surface area (Å²) >= 11 is 0. The van der Waals surface area contributed by atoms with E-state index in [1.807, 2.05) is 0 Å². The SMILES string of the molecule is CC(C)(O)COc1ccnc(Nc2cc(N3CC[C@@](C#N)(C4CC4)C3=O)ccn2)c1. The van der Waals surface area contributed by atoms with Gasteiger partial charge in [-0.25, -0.2) is 9.97 Å². The lowest BCUT2D eigenvalue weighted by Crippen LogP contribution is -2.35. The number of hydrogen-bond donors (Lipinski definition) is 2. The topological polar surface area (TPSA) is 111 Å². The molecule has 4 rings (SSSR count). The van der Waals surface area contributed by atoms with Gasteiger partial charge in [-0.15, -0.1) is 0 Å². The first-order chi connectivity index (χ1) is 14.3. The van der Waals surface area contributed by atoms with Crippen LogP contribution >= 0.6 is 0 Å². The van der Waals surface area contributed by atoms with E-state index in [1.165, 1.54) is 0 Å². The highest BCUT2D eigenvalue weighted by Gasteiger charge is 2.56. The van der Waals surface area contributed by atoms with E-state index in [0.717, 1.165) is 12.8 Å². The van der Waals surface area contributed by atoms with Crippen LogP contribution < -0.4 is 15.0 Å². The van der Waals surface area contributed by atoms with E-state index in [1.54, 1.807) is 55.4 Å². The maximum absolute atomic E-state index is 13.0. The van der Waals surface area contributed by atoms with E-state index in [4.69, 9.17) is 4.74 Å². The molecule has 0 unspecified atom stereocenters. The van der Waals surface area contributed by atoms with Crippen LogP contribution in [0.5, 0.6) is 5.75 Å². The fraction of sp³-hybridized carbons (Fsp3) is 0.455. The van der Waals surface area contributed by atoms with Crippen LogP contribution in [0.3, 0.4) is 0 Å². The molecular formula is C22H25N5O3. The van der Waals surface area contributed by atoms with Crippen molar-refractivity contribution in [3.63, 3.8) is 0 Å². The van der Waals surface area contributed by atoms with Crippen molar-refractivity contribution in [3.05, 3.63) is 36.7 Å². The van der Waals surface area contributed by atoms with Crippen LogP contribution in [0.1, 0.15) is 33.1 Å². The van der Waals surface area contributed by atoms with Crippen LogP contribution in [0.15, 0.2) is 36.7 Å². The third kappa shape index (κ3) is 4.07. The molecule has 2 N–H and O–H groups in total. The van der Waals surface area contributed by atoms with Crippen molar-refractivity contribution in [1.82, 2.24) is 9.97 Å². The van der Waals surface area contributed by atoms with Gasteiger partial charge in [0.15, 0.2) is 0 Å². The predicted octanol–water partition coefficient (Wildman–Crippen LogP) is 3.03. The van der Waals surface area contributed by atoms with Gasteiger partial charge in [-0.3, -0.25) is 4.79 Å². The quantitative estimate of drug-likeness (QED) is 0.725. The number of carbonyl (C=O) groups excluding carboxylic acids is 1. The Bertz CT molecular complexity index is 993. The molecule has 1 atom stereocenters. The Hall–Kier alpha value is -3.18. The van der Waals surface area contributed by atoms with Crippen molar-refractivity contribution in [2.45, 2.75) is 38.7 Å². The molecule has 3 heterocycles. The van der Waals surface area contributed by atoms with Crippen molar-refractivity contribution in [1.29, 1.82) is 5.26 Å². The summed E-state index contributed by atoms with van der Waals surface area (Å²) in [4.78, 5) is 23.3. The van der Waals surface area contributed by atoms with Crippen LogP contribution in [0, 0.1) is 22.7 Å². The summed E-state index contributed by atoms with van der Waals surface area (Å²) in [5.74, 6) is 1.72. The average molecular weight is 407 g/mol. The van der Waals surface area contributed by atoms with Crippen molar-refractivity contribution in [2.75, 3.05) is 23.4 Å². The van der Waals surface area contributed by atoms with Crippen LogP contribution in [-0.2, 0) is 4.79 Å². The standard InChI is InChI=1S/C22H25N5O3/c1-21(2,29)14-30-17-6-9-25-19(12-17)26-18-11-16(5-8-24-18)27-10-7-22(13-23,20(27)28)15-3-4-15/h5-6,8-9,11-12,15,29H,3-4,7,10,14H2,1-2H3,(H,24,25,26)/t22-/m1/s1. The molecular weight excluding hydrogens is 382 g/mol. The molecule has 0 spiro atoms. The minimum Gasteiger partial charge on any atom is -0.490 e. The van der Waals surface area contributed by atoms with Crippen LogP contribution in [0.2, 0.25) is 0 Å². The third-order valence-corrected chi connectivity index (χ3v) is 5.47. The predicted molar refractivity (Wildman–Crippen MR) is 111 cm³/mol. The fourth-order valence-corrected chi connectivity index (χ4v) is 3.75. The number of aliphatic hydroxyl groups is 1. The largest absolute Gasteiger partial charge is 0.490 e. The first kappa shape index (κ1) is 20.1. The lowest BCUT2D eigenvalue weighted by Gasteiger charge is -2.21. The molecule has 2 aromatic heterocycles. The zero-order valence-electron chi connectivity index (χ0n) is 17.1. The van der Waals surface area contributed by atoms with Crippen molar-refractivity contribution in [3.8, 4) is 11.8 Å². The number of carbonyl (C=O) groups is 1. The summed E-state index contributed by atoms with van der Waals surface area (Å²) in [5.41, 5.74) is -1.09. The van der Waals surface area contributed by atoms with Crippen molar-refractivity contribution < 1.29 is 14.6 Å². The van der Waals surface area contributed by atoms with E-state index in [9.17, 15) is 15.2 Å². The number of aromatic nitrogens is 2. The highest BCUT2D eigenvalue weighted by Crippen LogP contribution is 2.51. The Morgan fingerprint density at radius 3 is 2.67 bits per heavy atom. The zero-order valence-corrected chi connectivity index (χ0v) is 17.1. The second kappa shape index (κ2) is 7.58. The summed E-state index contributed by atoms with van der Waals surface area (Å²) < 4.78 is 5.60. The summed E-state index contributed by atoms with van der Waals surface area (Å²) in [7, 11) is 0. The van der Waals surface area contributed by atoms with Gasteiger partial charge in [-0.1, -0.05) is 0 Å². The Balaban J connectivity index is 1.48.